The highest BCUT2D eigenvalue weighted by Crippen LogP contribution is 2.28. The van der Waals surface area contributed by atoms with Crippen molar-refractivity contribution in [2.24, 2.45) is 0 Å². The summed E-state index contributed by atoms with van der Waals surface area (Å²) in [5.74, 6) is 6.34. The first kappa shape index (κ1) is 22.8. The molecule has 1 unspecified atom stereocenters. The first-order valence-electron chi connectivity index (χ1n) is 10.0. The highest BCUT2D eigenvalue weighted by molar-refractivity contribution is 8.00. The molecule has 0 spiro atoms. The van der Waals surface area contributed by atoms with Crippen LogP contribution in [0.4, 0.5) is 4.39 Å². The normalized spacial score (nSPS) is 12.6. The maximum absolute atomic E-state index is 13.4. The predicted molar refractivity (Wildman–Crippen MR) is 123 cm³/mol. The van der Waals surface area contributed by atoms with Gasteiger partial charge in [0.05, 0.1) is 5.25 Å². The van der Waals surface area contributed by atoms with Crippen LogP contribution in [-0.2, 0) is 16.8 Å². The Morgan fingerprint density at radius 3 is 2.48 bits per heavy atom. The Morgan fingerprint density at radius 2 is 1.87 bits per heavy atom. The summed E-state index contributed by atoms with van der Waals surface area (Å²) in [5, 5.41) is 8.41. The standard InChI is InChI=1S/C23H28FN5OS/c1-15(21(30)28(5)14-16-7-6-8-19(24)13-16)31-22-27-26-20(29(22)25)17-9-11-18(12-10-17)23(2,3)4/h6-13,15H,14,25H2,1-5H3. The molecule has 1 heterocycles. The van der Waals surface area contributed by atoms with Crippen molar-refractivity contribution in [2.45, 2.75) is 50.1 Å². The lowest BCUT2D eigenvalue weighted by Gasteiger charge is -2.21. The van der Waals surface area contributed by atoms with Crippen molar-refractivity contribution in [3.8, 4) is 11.4 Å². The molecule has 164 valence electrons. The molecular weight excluding hydrogens is 413 g/mol. The lowest BCUT2D eigenvalue weighted by Crippen LogP contribution is -2.33. The van der Waals surface area contributed by atoms with Crippen LogP contribution in [0.25, 0.3) is 11.4 Å². The van der Waals surface area contributed by atoms with E-state index in [1.54, 1.807) is 31.0 Å². The minimum absolute atomic E-state index is 0.0588. The maximum atomic E-state index is 13.4. The molecule has 0 radical (unpaired) electrons. The Kier molecular flexibility index (Phi) is 6.69. The molecule has 3 aromatic rings. The fraction of sp³-hybridized carbons (Fsp3) is 0.348. The van der Waals surface area contributed by atoms with Crippen LogP contribution in [0.1, 0.15) is 38.8 Å². The van der Waals surface area contributed by atoms with Crippen LogP contribution in [0, 0.1) is 5.82 Å². The van der Waals surface area contributed by atoms with Gasteiger partial charge in [-0.3, -0.25) is 4.79 Å². The summed E-state index contributed by atoms with van der Waals surface area (Å²) in [6.45, 7) is 8.59. The van der Waals surface area contributed by atoms with Crippen molar-refractivity contribution in [1.82, 2.24) is 19.8 Å². The molecule has 2 aromatic carbocycles. The number of aromatic nitrogens is 3. The van der Waals surface area contributed by atoms with Crippen molar-refractivity contribution >= 4 is 17.7 Å². The molecule has 31 heavy (non-hydrogen) atoms. The summed E-state index contributed by atoms with van der Waals surface area (Å²) in [4.78, 5) is 14.3. The molecule has 0 fully saturated rings. The first-order chi connectivity index (χ1) is 14.6. The summed E-state index contributed by atoms with van der Waals surface area (Å²) in [6.07, 6.45) is 0. The highest BCUT2D eigenvalue weighted by atomic mass is 32.2. The average Bonchev–Trinajstić information content (AvgIpc) is 3.07. The van der Waals surface area contributed by atoms with Crippen LogP contribution in [0.2, 0.25) is 0 Å². The van der Waals surface area contributed by atoms with Crippen LogP contribution >= 0.6 is 11.8 Å². The molecule has 0 bridgehead atoms. The van der Waals surface area contributed by atoms with E-state index >= 15 is 0 Å². The molecular formula is C23H28FN5OS. The first-order valence-corrected chi connectivity index (χ1v) is 10.9. The van der Waals surface area contributed by atoms with Crippen LogP contribution in [0.5, 0.6) is 0 Å². The minimum Gasteiger partial charge on any atom is -0.340 e. The van der Waals surface area contributed by atoms with Crippen LogP contribution in [0.3, 0.4) is 0 Å². The number of hydrogen-bond donors (Lipinski definition) is 1. The van der Waals surface area contributed by atoms with Gasteiger partial charge in [0.2, 0.25) is 11.1 Å². The summed E-state index contributed by atoms with van der Waals surface area (Å²) in [6, 6.07) is 14.3. The molecule has 3 rings (SSSR count). The molecule has 8 heteroatoms. The third-order valence-corrected chi connectivity index (χ3v) is 6.03. The topological polar surface area (TPSA) is 77.0 Å². The van der Waals surface area contributed by atoms with Crippen LogP contribution < -0.4 is 5.84 Å². The van der Waals surface area contributed by atoms with E-state index in [9.17, 15) is 9.18 Å². The lowest BCUT2D eigenvalue weighted by molar-refractivity contribution is -0.129. The molecule has 0 aliphatic heterocycles. The monoisotopic (exact) mass is 441 g/mol. The molecule has 1 aromatic heterocycles. The SMILES string of the molecule is CC(Sc1nnc(-c2ccc(C(C)(C)C)cc2)n1N)C(=O)N(C)Cc1cccc(F)c1. The number of carbonyl (C=O) groups is 1. The Bertz CT molecular complexity index is 1060. The van der Waals surface area contributed by atoms with Gasteiger partial charge in [-0.25, -0.2) is 9.07 Å². The van der Waals surface area contributed by atoms with Gasteiger partial charge in [0.1, 0.15) is 5.82 Å². The van der Waals surface area contributed by atoms with Gasteiger partial charge in [-0.05, 0) is 35.6 Å². The fourth-order valence-electron chi connectivity index (χ4n) is 3.18. The van der Waals surface area contributed by atoms with E-state index in [-0.39, 0.29) is 17.1 Å². The van der Waals surface area contributed by atoms with Crippen molar-refractivity contribution in [1.29, 1.82) is 0 Å². The molecule has 0 saturated heterocycles. The molecule has 1 atom stereocenters. The van der Waals surface area contributed by atoms with E-state index in [1.165, 1.54) is 34.1 Å². The minimum atomic E-state index is -0.429. The van der Waals surface area contributed by atoms with Crippen molar-refractivity contribution < 1.29 is 9.18 Å². The summed E-state index contributed by atoms with van der Waals surface area (Å²) in [5.41, 5.74) is 2.87. The van der Waals surface area contributed by atoms with Gasteiger partial charge in [-0.15, -0.1) is 10.2 Å². The zero-order valence-electron chi connectivity index (χ0n) is 18.5. The summed E-state index contributed by atoms with van der Waals surface area (Å²) < 4.78 is 14.8. The number of carbonyl (C=O) groups excluding carboxylic acids is 1. The van der Waals surface area contributed by atoms with Crippen molar-refractivity contribution in [3.63, 3.8) is 0 Å². The second-order valence-electron chi connectivity index (χ2n) is 8.59. The Labute approximate surface area is 186 Å². The zero-order valence-corrected chi connectivity index (χ0v) is 19.3. The lowest BCUT2D eigenvalue weighted by atomic mass is 9.87. The van der Waals surface area contributed by atoms with E-state index in [2.05, 4.69) is 43.1 Å². The Hall–Kier alpha value is -2.87. The predicted octanol–water partition coefficient (Wildman–Crippen LogP) is 4.23. The van der Waals surface area contributed by atoms with E-state index in [1.807, 2.05) is 12.1 Å². The molecule has 2 N–H and O–H groups in total. The highest BCUT2D eigenvalue weighted by Gasteiger charge is 2.23. The number of nitrogens with two attached hydrogens (primary N) is 1. The zero-order chi connectivity index (χ0) is 22.8. The van der Waals surface area contributed by atoms with Gasteiger partial charge in [-0.1, -0.05) is 68.9 Å². The van der Waals surface area contributed by atoms with E-state index < -0.39 is 5.25 Å². The number of halogens is 1. The van der Waals surface area contributed by atoms with Gasteiger partial charge in [0.25, 0.3) is 0 Å². The molecule has 0 aliphatic carbocycles. The Morgan fingerprint density at radius 1 is 1.19 bits per heavy atom. The molecule has 0 saturated carbocycles. The third kappa shape index (κ3) is 5.44. The summed E-state index contributed by atoms with van der Waals surface area (Å²) >= 11 is 1.24. The van der Waals surface area contributed by atoms with Crippen molar-refractivity contribution in [3.05, 3.63) is 65.5 Å². The molecule has 6 nitrogen and oxygen atoms in total. The molecule has 1 amide bonds. The Balaban J connectivity index is 1.68. The van der Waals surface area contributed by atoms with Gasteiger partial charge >= 0.3 is 0 Å². The number of rotatable bonds is 6. The second-order valence-corrected chi connectivity index (χ2v) is 9.90. The van der Waals surface area contributed by atoms with E-state index in [4.69, 9.17) is 5.84 Å². The van der Waals surface area contributed by atoms with Gasteiger partial charge in [0, 0.05) is 19.2 Å². The van der Waals surface area contributed by atoms with Gasteiger partial charge < -0.3 is 10.7 Å². The third-order valence-electron chi connectivity index (χ3n) is 4.99. The number of nitrogen functional groups attached to an aromatic ring is 1. The van der Waals surface area contributed by atoms with Gasteiger partial charge in [-0.2, -0.15) is 0 Å². The van der Waals surface area contributed by atoms with E-state index in [0.29, 0.717) is 17.5 Å². The number of nitrogens with zero attached hydrogens (tertiary/aromatic N) is 4. The van der Waals surface area contributed by atoms with E-state index in [0.717, 1.165) is 11.1 Å². The van der Waals surface area contributed by atoms with Crippen LogP contribution in [0.15, 0.2) is 53.7 Å². The van der Waals surface area contributed by atoms with Crippen LogP contribution in [-0.4, -0.2) is 38.0 Å². The van der Waals surface area contributed by atoms with Crippen molar-refractivity contribution in [2.75, 3.05) is 12.9 Å². The quantitative estimate of drug-likeness (QED) is 0.457. The number of benzene rings is 2. The maximum Gasteiger partial charge on any atom is 0.235 e. The average molecular weight is 442 g/mol. The smallest absolute Gasteiger partial charge is 0.235 e. The number of thioether (sulfide) groups is 1. The summed E-state index contributed by atoms with van der Waals surface area (Å²) in [7, 11) is 1.69. The number of amides is 1. The second kappa shape index (κ2) is 9.09. The van der Waals surface area contributed by atoms with Gasteiger partial charge in [0.15, 0.2) is 5.82 Å². The molecule has 0 aliphatic rings. The fourth-order valence-corrected chi connectivity index (χ4v) is 4.06. The number of hydrogen-bond acceptors (Lipinski definition) is 5. The largest absolute Gasteiger partial charge is 0.340 e.